The van der Waals surface area contributed by atoms with Crippen LogP contribution in [0, 0.1) is 24.2 Å². The first kappa shape index (κ1) is 24.9. The Morgan fingerprint density at radius 3 is 2.53 bits per heavy atom. The highest BCUT2D eigenvalue weighted by Gasteiger charge is 2.50. The maximum atomic E-state index is 13.5. The summed E-state index contributed by atoms with van der Waals surface area (Å²) < 4.78 is 5.35. The van der Waals surface area contributed by atoms with E-state index in [1.165, 1.54) is 23.3 Å². The number of benzene rings is 2. The minimum absolute atomic E-state index is 0.162. The van der Waals surface area contributed by atoms with Gasteiger partial charge in [0.15, 0.2) is 5.69 Å². The molecule has 0 saturated heterocycles. The van der Waals surface area contributed by atoms with Crippen molar-refractivity contribution < 1.29 is 0 Å². The Kier molecular flexibility index (Phi) is 6.16. The van der Waals surface area contributed by atoms with Crippen LogP contribution in [0.25, 0.3) is 16.9 Å². The topological polar surface area (TPSA) is 56.6 Å². The van der Waals surface area contributed by atoms with Gasteiger partial charge in [0, 0.05) is 23.0 Å². The Bertz CT molecular complexity index is 1700. The van der Waals surface area contributed by atoms with Crippen molar-refractivity contribution in [3.05, 3.63) is 97.5 Å². The number of hydrogen-bond donors (Lipinski definition) is 0. The molecule has 2 unspecified atom stereocenters. The van der Waals surface area contributed by atoms with Crippen LogP contribution in [-0.4, -0.2) is 20.3 Å². The molecule has 2 heterocycles. The normalized spacial score (nSPS) is 20.6. The van der Waals surface area contributed by atoms with Gasteiger partial charge in [-0.3, -0.25) is 9.48 Å². The maximum Gasteiger partial charge on any atom is 0.297 e. The van der Waals surface area contributed by atoms with E-state index in [-0.39, 0.29) is 5.56 Å². The van der Waals surface area contributed by atoms with Gasteiger partial charge in [0.05, 0.1) is 23.3 Å². The van der Waals surface area contributed by atoms with Crippen molar-refractivity contribution in [2.45, 2.75) is 33.6 Å². The SMILES string of the molecule is Cc1c(N=c2scc(-c3ccc(Cl)cc3)n2N=CC2=CCC3CC2C3(C)C)c(=O)n(-c2ccccc2)n1C. The van der Waals surface area contributed by atoms with Crippen molar-refractivity contribution in [1.82, 2.24) is 14.0 Å². The molecule has 1 fully saturated rings. The molecule has 2 bridgehead atoms. The van der Waals surface area contributed by atoms with E-state index in [0.717, 1.165) is 35.0 Å². The third-order valence-electron chi connectivity index (χ3n) is 8.39. The molecule has 0 radical (unpaired) electrons. The van der Waals surface area contributed by atoms with Crippen LogP contribution >= 0.6 is 22.9 Å². The van der Waals surface area contributed by atoms with E-state index in [4.69, 9.17) is 21.7 Å². The van der Waals surface area contributed by atoms with Gasteiger partial charge < -0.3 is 0 Å². The Morgan fingerprint density at radius 2 is 1.84 bits per heavy atom. The van der Waals surface area contributed by atoms with Crippen LogP contribution in [-0.2, 0) is 7.05 Å². The number of nitrogens with zero attached hydrogens (tertiary/aromatic N) is 5. The fourth-order valence-electron chi connectivity index (χ4n) is 5.76. The third kappa shape index (κ3) is 4.05. The fourth-order valence-corrected chi connectivity index (χ4v) is 6.72. The van der Waals surface area contributed by atoms with Crippen LogP contribution in [0.3, 0.4) is 0 Å². The van der Waals surface area contributed by atoms with Crippen molar-refractivity contribution in [3.8, 4) is 16.9 Å². The summed E-state index contributed by atoms with van der Waals surface area (Å²) in [7, 11) is 1.88. The summed E-state index contributed by atoms with van der Waals surface area (Å²) in [6, 6.07) is 17.3. The molecule has 1 saturated carbocycles. The van der Waals surface area contributed by atoms with E-state index < -0.39 is 0 Å². The fraction of sp³-hybridized carbons (Fsp3) is 0.300. The molecule has 38 heavy (non-hydrogen) atoms. The minimum atomic E-state index is -0.162. The van der Waals surface area contributed by atoms with Crippen molar-refractivity contribution in [2.24, 2.45) is 34.4 Å². The summed E-state index contributed by atoms with van der Waals surface area (Å²) in [5, 5.41) is 7.68. The molecule has 2 aromatic carbocycles. The molecule has 4 aromatic rings. The lowest BCUT2D eigenvalue weighted by Crippen LogP contribution is -2.48. The number of para-hydroxylation sites is 1. The lowest BCUT2D eigenvalue weighted by atomic mass is 9.49. The first-order chi connectivity index (χ1) is 18.3. The van der Waals surface area contributed by atoms with E-state index in [1.54, 1.807) is 4.68 Å². The van der Waals surface area contributed by atoms with Gasteiger partial charge >= 0.3 is 0 Å². The van der Waals surface area contributed by atoms with Gasteiger partial charge in [-0.25, -0.2) is 14.4 Å². The highest BCUT2D eigenvalue weighted by molar-refractivity contribution is 7.07. The van der Waals surface area contributed by atoms with Gasteiger partial charge in [-0.15, -0.1) is 11.3 Å². The molecule has 0 spiro atoms. The van der Waals surface area contributed by atoms with Crippen LogP contribution in [0.4, 0.5) is 5.69 Å². The molecule has 8 heteroatoms. The van der Waals surface area contributed by atoms with Gasteiger partial charge in [-0.2, -0.15) is 5.10 Å². The molecular weight excluding hydrogens is 514 g/mol. The molecule has 3 aliphatic rings. The zero-order valence-corrected chi connectivity index (χ0v) is 23.5. The van der Waals surface area contributed by atoms with Crippen LogP contribution in [0.5, 0.6) is 0 Å². The number of aromatic nitrogens is 3. The Balaban J connectivity index is 1.49. The summed E-state index contributed by atoms with van der Waals surface area (Å²) in [6.45, 7) is 6.64. The molecule has 2 atom stereocenters. The molecule has 0 amide bonds. The number of rotatable bonds is 5. The third-order valence-corrected chi connectivity index (χ3v) is 9.46. The van der Waals surface area contributed by atoms with Crippen molar-refractivity contribution in [2.75, 3.05) is 0 Å². The van der Waals surface area contributed by atoms with Gasteiger partial charge in [-0.1, -0.05) is 61.9 Å². The number of halogens is 1. The standard InChI is InChI=1S/C30H30ClN5OS/c1-19-27(28(37)36(34(19)4)24-8-6-5-7-9-24)33-29-35(26(18-38-29)20-11-14-23(31)15-12-20)32-17-21-10-13-22-16-25(21)30(22,2)3/h5-12,14-15,17-18,22,25H,13,16H2,1-4H3. The van der Waals surface area contributed by atoms with Gasteiger partial charge in [0.1, 0.15) is 0 Å². The molecule has 0 N–H and O–H groups in total. The van der Waals surface area contributed by atoms with Crippen molar-refractivity contribution in [3.63, 3.8) is 0 Å². The molecule has 6 nitrogen and oxygen atoms in total. The molecule has 0 aliphatic heterocycles. The second-order valence-corrected chi connectivity index (χ2v) is 12.0. The summed E-state index contributed by atoms with van der Waals surface area (Å²) in [6.07, 6.45) is 6.65. The van der Waals surface area contributed by atoms with Crippen LogP contribution in [0.15, 0.2) is 86.5 Å². The Morgan fingerprint density at radius 1 is 1.11 bits per heavy atom. The monoisotopic (exact) mass is 543 g/mol. The predicted molar refractivity (Wildman–Crippen MR) is 156 cm³/mol. The molecule has 3 aliphatic carbocycles. The number of allylic oxidation sites excluding steroid dienone is 2. The smallest absolute Gasteiger partial charge is 0.283 e. The second-order valence-electron chi connectivity index (χ2n) is 10.7. The lowest BCUT2D eigenvalue weighted by molar-refractivity contribution is -0.00126. The highest BCUT2D eigenvalue weighted by atomic mass is 35.5. The maximum absolute atomic E-state index is 13.5. The van der Waals surface area contributed by atoms with Gasteiger partial charge in [0.2, 0.25) is 4.80 Å². The number of hydrogen-bond acceptors (Lipinski definition) is 4. The van der Waals surface area contributed by atoms with Crippen molar-refractivity contribution in [1.29, 1.82) is 0 Å². The van der Waals surface area contributed by atoms with E-state index in [2.05, 4.69) is 19.9 Å². The minimum Gasteiger partial charge on any atom is -0.283 e. The zero-order valence-electron chi connectivity index (χ0n) is 21.9. The summed E-state index contributed by atoms with van der Waals surface area (Å²) in [5.74, 6) is 1.29. The van der Waals surface area contributed by atoms with E-state index in [0.29, 0.717) is 26.8 Å². The largest absolute Gasteiger partial charge is 0.297 e. The van der Waals surface area contributed by atoms with Gasteiger partial charge in [-0.05, 0) is 66.9 Å². The number of fused-ring (bicyclic) bond motifs is 1. The predicted octanol–water partition coefficient (Wildman–Crippen LogP) is 6.73. The molecule has 194 valence electrons. The van der Waals surface area contributed by atoms with E-state index >= 15 is 0 Å². The Labute approximate surface area is 230 Å². The highest BCUT2D eigenvalue weighted by Crippen LogP contribution is 2.58. The van der Waals surface area contributed by atoms with Crippen molar-refractivity contribution >= 4 is 34.8 Å². The average Bonchev–Trinajstić information content (AvgIpc) is 3.42. The molecular formula is C30H30ClN5OS. The lowest BCUT2D eigenvalue weighted by Gasteiger charge is -2.55. The van der Waals surface area contributed by atoms with E-state index in [9.17, 15) is 4.79 Å². The quantitative estimate of drug-likeness (QED) is 0.258. The second kappa shape index (κ2) is 9.40. The summed E-state index contributed by atoms with van der Waals surface area (Å²) >= 11 is 7.63. The molecule has 2 aromatic heterocycles. The average molecular weight is 544 g/mol. The van der Waals surface area contributed by atoms with Gasteiger partial charge in [0.25, 0.3) is 5.56 Å². The first-order valence-electron chi connectivity index (χ1n) is 12.9. The Hall–Kier alpha value is -3.42. The van der Waals surface area contributed by atoms with E-state index in [1.807, 2.05) is 89.5 Å². The van der Waals surface area contributed by atoms with Crippen LogP contribution in [0.2, 0.25) is 5.02 Å². The zero-order chi connectivity index (χ0) is 26.6. The van der Waals surface area contributed by atoms with Crippen LogP contribution in [0.1, 0.15) is 32.4 Å². The first-order valence-corrected chi connectivity index (χ1v) is 14.1. The summed E-state index contributed by atoms with van der Waals surface area (Å²) in [4.78, 5) is 19.1. The number of thiazole rings is 1. The molecule has 7 rings (SSSR count). The van der Waals surface area contributed by atoms with Crippen LogP contribution < -0.4 is 10.4 Å². The summed E-state index contributed by atoms with van der Waals surface area (Å²) in [5.41, 5.74) is 5.31.